The van der Waals surface area contributed by atoms with Gasteiger partial charge in [0.05, 0.1) is 19.8 Å². The Kier molecular flexibility index (Phi) is 7.75. The normalized spacial score (nSPS) is 14.4. The first-order valence-electron chi connectivity index (χ1n) is 11.6. The molecule has 1 aromatic heterocycles. The van der Waals surface area contributed by atoms with Crippen LogP contribution in [0.1, 0.15) is 23.6 Å². The van der Waals surface area contributed by atoms with Crippen molar-refractivity contribution in [3.8, 4) is 0 Å². The number of rotatable bonds is 7. The van der Waals surface area contributed by atoms with E-state index in [1.165, 1.54) is 5.56 Å². The molecule has 1 fully saturated rings. The first-order valence-corrected chi connectivity index (χ1v) is 12.0. The van der Waals surface area contributed by atoms with Crippen LogP contribution in [0, 0.1) is 6.92 Å². The van der Waals surface area contributed by atoms with E-state index in [4.69, 9.17) is 17.0 Å². The topological polar surface area (TPSA) is 60.6 Å². The highest BCUT2D eigenvalue weighted by Crippen LogP contribution is 2.18. The van der Waals surface area contributed by atoms with Crippen molar-refractivity contribution >= 4 is 33.9 Å². The molecule has 1 saturated heterocycles. The van der Waals surface area contributed by atoms with Gasteiger partial charge in [0.1, 0.15) is 0 Å². The minimum atomic E-state index is -0.0699. The number of aromatic amines is 1. The number of nitrogens with one attached hydrogen (secondary N) is 2. The molecule has 4 rings (SSSR count). The number of aryl methyl sites for hydroxylation is 2. The number of anilines is 1. The molecule has 1 aliphatic rings. The second kappa shape index (κ2) is 10.9. The van der Waals surface area contributed by atoms with Gasteiger partial charge >= 0.3 is 0 Å². The number of thiocarbonyl (C=S) groups is 1. The van der Waals surface area contributed by atoms with Crippen LogP contribution in [0.2, 0.25) is 0 Å². The van der Waals surface area contributed by atoms with E-state index in [1.807, 2.05) is 30.3 Å². The molecule has 0 atom stereocenters. The average Bonchev–Trinajstić information content (AvgIpc) is 2.83. The Balaban J connectivity index is 1.57. The Hall–Kier alpha value is -2.74. The molecule has 174 valence electrons. The Morgan fingerprint density at radius 2 is 1.94 bits per heavy atom. The Morgan fingerprint density at radius 1 is 1.15 bits per heavy atom. The first kappa shape index (κ1) is 23.4. The van der Waals surface area contributed by atoms with Gasteiger partial charge in [0.25, 0.3) is 5.56 Å². The van der Waals surface area contributed by atoms with E-state index in [-0.39, 0.29) is 5.56 Å². The van der Waals surface area contributed by atoms with Crippen LogP contribution in [-0.2, 0) is 17.7 Å². The summed E-state index contributed by atoms with van der Waals surface area (Å²) in [7, 11) is 0. The fraction of sp³-hybridized carbons (Fsp3) is 0.385. The SMILES string of the molecule is CCc1ccccc1NC(=S)N(CCN1CCOCC1)Cc1cc2cc(C)ccc2[nH]c1=O. The van der Waals surface area contributed by atoms with Crippen molar-refractivity contribution in [1.29, 1.82) is 0 Å². The van der Waals surface area contributed by atoms with Crippen LogP contribution in [0.3, 0.4) is 0 Å². The maximum atomic E-state index is 12.9. The number of morpholine rings is 1. The van der Waals surface area contributed by atoms with Gasteiger partial charge in [0, 0.05) is 42.9 Å². The Morgan fingerprint density at radius 3 is 2.73 bits per heavy atom. The molecule has 2 N–H and O–H groups in total. The molecule has 0 radical (unpaired) electrons. The largest absolute Gasteiger partial charge is 0.379 e. The van der Waals surface area contributed by atoms with Crippen molar-refractivity contribution in [2.45, 2.75) is 26.8 Å². The first-order chi connectivity index (χ1) is 16.0. The molecule has 0 spiro atoms. The van der Waals surface area contributed by atoms with Crippen LogP contribution in [0.5, 0.6) is 0 Å². The van der Waals surface area contributed by atoms with Crippen LogP contribution >= 0.6 is 12.2 Å². The summed E-state index contributed by atoms with van der Waals surface area (Å²) in [6.45, 7) is 9.59. The predicted molar refractivity (Wildman–Crippen MR) is 139 cm³/mol. The molecule has 2 aromatic carbocycles. The summed E-state index contributed by atoms with van der Waals surface area (Å²) in [5.41, 5.74) is 4.89. The van der Waals surface area contributed by atoms with E-state index in [2.05, 4.69) is 52.1 Å². The maximum Gasteiger partial charge on any atom is 0.253 e. The highest BCUT2D eigenvalue weighted by atomic mass is 32.1. The van der Waals surface area contributed by atoms with Gasteiger partial charge in [-0.25, -0.2) is 0 Å². The summed E-state index contributed by atoms with van der Waals surface area (Å²) in [5, 5.41) is 5.10. The zero-order valence-electron chi connectivity index (χ0n) is 19.4. The average molecular weight is 465 g/mol. The molecule has 0 amide bonds. The predicted octanol–water partition coefficient (Wildman–Crippen LogP) is 3.93. The number of ether oxygens (including phenoxy) is 1. The fourth-order valence-corrected chi connectivity index (χ4v) is 4.44. The van der Waals surface area contributed by atoms with Crippen molar-refractivity contribution in [3.63, 3.8) is 0 Å². The van der Waals surface area contributed by atoms with E-state index < -0.39 is 0 Å². The zero-order chi connectivity index (χ0) is 23.2. The molecule has 0 aliphatic carbocycles. The molecular weight excluding hydrogens is 432 g/mol. The molecule has 3 aromatic rings. The van der Waals surface area contributed by atoms with Gasteiger partial charge in [-0.1, -0.05) is 36.8 Å². The van der Waals surface area contributed by atoms with Gasteiger partial charge in [-0.15, -0.1) is 0 Å². The van der Waals surface area contributed by atoms with Gasteiger partial charge in [-0.3, -0.25) is 9.69 Å². The summed E-state index contributed by atoms with van der Waals surface area (Å²) in [6, 6.07) is 16.3. The third-order valence-corrected chi connectivity index (χ3v) is 6.52. The lowest BCUT2D eigenvalue weighted by atomic mass is 10.1. The molecule has 2 heterocycles. The monoisotopic (exact) mass is 464 g/mol. The van der Waals surface area contributed by atoms with Crippen molar-refractivity contribution in [3.05, 3.63) is 75.6 Å². The lowest BCUT2D eigenvalue weighted by molar-refractivity contribution is 0.0358. The Labute approximate surface area is 200 Å². The highest BCUT2D eigenvalue weighted by Gasteiger charge is 2.17. The Bertz CT molecular complexity index is 1170. The maximum absolute atomic E-state index is 12.9. The van der Waals surface area contributed by atoms with E-state index in [9.17, 15) is 4.79 Å². The number of nitrogens with zero attached hydrogens (tertiary/aromatic N) is 2. The van der Waals surface area contributed by atoms with Gasteiger partial charge in [-0.05, 0) is 60.8 Å². The summed E-state index contributed by atoms with van der Waals surface area (Å²) in [4.78, 5) is 20.4. The van der Waals surface area contributed by atoms with Crippen LogP contribution in [0.15, 0.2) is 53.3 Å². The minimum absolute atomic E-state index is 0.0699. The number of aromatic nitrogens is 1. The van der Waals surface area contributed by atoms with E-state index >= 15 is 0 Å². The smallest absolute Gasteiger partial charge is 0.253 e. The van der Waals surface area contributed by atoms with Crippen molar-refractivity contribution in [2.75, 3.05) is 44.7 Å². The molecule has 7 heteroatoms. The van der Waals surface area contributed by atoms with Gasteiger partial charge in [0.15, 0.2) is 5.11 Å². The molecule has 0 bridgehead atoms. The molecule has 0 saturated carbocycles. The van der Waals surface area contributed by atoms with Crippen LogP contribution in [-0.4, -0.2) is 59.3 Å². The van der Waals surface area contributed by atoms with E-state index in [1.54, 1.807) is 0 Å². The summed E-state index contributed by atoms with van der Waals surface area (Å²) in [6.07, 6.45) is 0.920. The van der Waals surface area contributed by atoms with Crippen LogP contribution in [0.4, 0.5) is 5.69 Å². The summed E-state index contributed by atoms with van der Waals surface area (Å²) in [5.74, 6) is 0. The summed E-state index contributed by atoms with van der Waals surface area (Å²) < 4.78 is 5.48. The van der Waals surface area contributed by atoms with E-state index in [0.717, 1.165) is 68.0 Å². The van der Waals surface area contributed by atoms with Crippen molar-refractivity contribution in [1.82, 2.24) is 14.8 Å². The summed E-state index contributed by atoms with van der Waals surface area (Å²) >= 11 is 5.85. The second-order valence-corrected chi connectivity index (χ2v) is 8.92. The molecule has 1 aliphatic heterocycles. The number of para-hydroxylation sites is 1. The minimum Gasteiger partial charge on any atom is -0.379 e. The molecule has 33 heavy (non-hydrogen) atoms. The van der Waals surface area contributed by atoms with E-state index in [0.29, 0.717) is 17.2 Å². The molecule has 6 nitrogen and oxygen atoms in total. The van der Waals surface area contributed by atoms with Gasteiger partial charge < -0.3 is 19.9 Å². The lowest BCUT2D eigenvalue weighted by Gasteiger charge is -2.31. The number of benzene rings is 2. The van der Waals surface area contributed by atoms with Crippen LogP contribution in [0.25, 0.3) is 10.9 Å². The number of H-pyrrole nitrogens is 1. The highest BCUT2D eigenvalue weighted by molar-refractivity contribution is 7.80. The number of hydrogen-bond acceptors (Lipinski definition) is 4. The lowest BCUT2D eigenvalue weighted by Crippen LogP contribution is -2.44. The standard InChI is InChI=1S/C26H32N4O2S/c1-3-20-6-4-5-7-23(20)28-26(33)30(11-10-29-12-14-32-15-13-29)18-22-17-21-16-19(2)8-9-24(21)27-25(22)31/h4-9,16-17H,3,10-15,18H2,1-2H3,(H,27,31)(H,28,33). The number of hydrogen-bond donors (Lipinski definition) is 2. The van der Waals surface area contributed by atoms with Crippen molar-refractivity contribution in [2.24, 2.45) is 0 Å². The second-order valence-electron chi connectivity index (χ2n) is 8.53. The zero-order valence-corrected chi connectivity index (χ0v) is 20.2. The van der Waals surface area contributed by atoms with Gasteiger partial charge in [-0.2, -0.15) is 0 Å². The third-order valence-electron chi connectivity index (χ3n) is 6.15. The molecule has 0 unspecified atom stereocenters. The van der Waals surface area contributed by atoms with Crippen LogP contribution < -0.4 is 10.9 Å². The quantitative estimate of drug-likeness (QED) is 0.517. The number of pyridine rings is 1. The fourth-order valence-electron chi connectivity index (χ4n) is 4.18. The third kappa shape index (κ3) is 5.99. The van der Waals surface area contributed by atoms with Crippen molar-refractivity contribution < 1.29 is 4.74 Å². The molecular formula is C26H32N4O2S. The van der Waals surface area contributed by atoms with Gasteiger partial charge in [0.2, 0.25) is 0 Å². The number of fused-ring (bicyclic) bond motifs is 1.